The lowest BCUT2D eigenvalue weighted by atomic mass is 10.1. The van der Waals surface area contributed by atoms with Crippen molar-refractivity contribution >= 4 is 16.8 Å². The van der Waals surface area contributed by atoms with E-state index in [0.29, 0.717) is 12.2 Å². The number of aromatic nitrogens is 3. The molecule has 140 valence electrons. The highest BCUT2D eigenvalue weighted by Gasteiger charge is 2.08. The lowest BCUT2D eigenvalue weighted by molar-refractivity contribution is 0.415. The number of halogens is 1. The number of nitrogens with zero attached hydrogens (tertiary/aromatic N) is 3. The van der Waals surface area contributed by atoms with E-state index in [1.54, 1.807) is 7.11 Å². The van der Waals surface area contributed by atoms with Crippen molar-refractivity contribution in [2.24, 2.45) is 0 Å². The predicted octanol–water partition coefficient (Wildman–Crippen LogP) is 5.49. The predicted molar refractivity (Wildman–Crippen MR) is 108 cm³/mol. The van der Waals surface area contributed by atoms with Crippen LogP contribution < -0.4 is 4.74 Å². The number of rotatable bonds is 6. The van der Waals surface area contributed by atoms with Gasteiger partial charge in [0, 0.05) is 11.8 Å². The highest BCUT2D eigenvalue weighted by atomic mass is 19.1. The number of hydrogen-bond donors (Lipinski definition) is 0. The fraction of sp³-hybridized carbons (Fsp3) is 0.273. The van der Waals surface area contributed by atoms with Gasteiger partial charge < -0.3 is 4.74 Å². The third-order valence-electron chi connectivity index (χ3n) is 4.57. The van der Waals surface area contributed by atoms with E-state index in [2.05, 4.69) is 23.2 Å². The molecule has 0 aliphatic heterocycles. The van der Waals surface area contributed by atoms with E-state index in [0.717, 1.165) is 40.9 Å². The summed E-state index contributed by atoms with van der Waals surface area (Å²) >= 11 is 0. The summed E-state index contributed by atoms with van der Waals surface area (Å²) in [7, 11) is 1.65. The third-order valence-corrected chi connectivity index (χ3v) is 4.57. The van der Waals surface area contributed by atoms with Crippen molar-refractivity contribution in [1.29, 1.82) is 0 Å². The number of hydrogen-bond acceptors (Lipinski definition) is 3. The number of unbranched alkanes of at least 4 members (excludes halogenated alkanes) is 1. The van der Waals surface area contributed by atoms with Crippen LogP contribution in [0.5, 0.6) is 5.75 Å². The minimum atomic E-state index is -0.255. The van der Waals surface area contributed by atoms with Gasteiger partial charge in [-0.25, -0.2) is 9.97 Å². The summed E-state index contributed by atoms with van der Waals surface area (Å²) in [5.41, 5.74) is 5.03. The van der Waals surface area contributed by atoms with Gasteiger partial charge >= 0.3 is 0 Å². The quantitative estimate of drug-likeness (QED) is 0.424. The number of ether oxygens (including phenoxy) is 1. The van der Waals surface area contributed by atoms with E-state index < -0.39 is 0 Å². The maximum absolute atomic E-state index is 12.3. The van der Waals surface area contributed by atoms with Crippen molar-refractivity contribution in [3.05, 3.63) is 60.3 Å². The minimum absolute atomic E-state index is 0. The maximum Gasteiger partial charge on any atom is 0.235 e. The fourth-order valence-electron chi connectivity index (χ4n) is 3.15. The van der Waals surface area contributed by atoms with E-state index in [1.165, 1.54) is 5.56 Å². The van der Waals surface area contributed by atoms with E-state index in [4.69, 9.17) is 9.72 Å². The van der Waals surface area contributed by atoms with Crippen molar-refractivity contribution in [3.63, 3.8) is 0 Å². The maximum atomic E-state index is 12.3. The summed E-state index contributed by atoms with van der Waals surface area (Å²) in [6.45, 7) is -0.255. The molecule has 4 nitrogen and oxygen atoms in total. The van der Waals surface area contributed by atoms with Crippen LogP contribution in [0.4, 0.5) is 4.39 Å². The molecule has 0 amide bonds. The molecule has 0 bridgehead atoms. The zero-order valence-corrected chi connectivity index (χ0v) is 14.7. The average molecular weight is 365 g/mol. The molecule has 5 heteroatoms. The number of methoxy groups -OCH3 is 1. The summed E-state index contributed by atoms with van der Waals surface area (Å²) in [6, 6.07) is 16.0. The number of benzene rings is 2. The van der Waals surface area contributed by atoms with Gasteiger partial charge in [-0.15, -0.1) is 0 Å². The Hall–Kier alpha value is -2.95. The van der Waals surface area contributed by atoms with Crippen molar-refractivity contribution in [2.75, 3.05) is 13.8 Å². The second kappa shape index (κ2) is 8.16. The highest BCUT2D eigenvalue weighted by Crippen LogP contribution is 2.23. The molecule has 4 rings (SSSR count). The van der Waals surface area contributed by atoms with Crippen LogP contribution in [0.1, 0.15) is 25.8 Å². The molecular weight excluding hydrogens is 341 g/mol. The Morgan fingerprint density at radius 1 is 1.00 bits per heavy atom. The molecular formula is C22H24FN3O. The molecule has 0 radical (unpaired) electrons. The van der Waals surface area contributed by atoms with E-state index in [-0.39, 0.29) is 14.1 Å². The Kier molecular flexibility index (Phi) is 5.69. The van der Waals surface area contributed by atoms with E-state index in [1.807, 2.05) is 40.9 Å². The largest absolute Gasteiger partial charge is 0.497 e. The molecule has 0 saturated carbocycles. The van der Waals surface area contributed by atoms with E-state index in [9.17, 15) is 4.39 Å². The highest BCUT2D eigenvalue weighted by molar-refractivity contribution is 5.80. The lowest BCUT2D eigenvalue weighted by Crippen LogP contribution is -1.91. The van der Waals surface area contributed by atoms with Crippen molar-refractivity contribution < 1.29 is 9.13 Å². The van der Waals surface area contributed by atoms with Gasteiger partial charge in [0.1, 0.15) is 5.75 Å². The summed E-state index contributed by atoms with van der Waals surface area (Å²) in [5, 5.41) is 0. The van der Waals surface area contributed by atoms with Gasteiger partial charge in [-0.2, -0.15) is 0 Å². The zero-order valence-electron chi connectivity index (χ0n) is 14.7. The first-order valence-corrected chi connectivity index (χ1v) is 8.76. The smallest absolute Gasteiger partial charge is 0.235 e. The second-order valence-corrected chi connectivity index (χ2v) is 6.29. The molecule has 4 aromatic rings. The Balaban J connectivity index is 0.00000210. The SMILES string of the molecule is C.COc1ccc(-c2ccn3c(n2)nc2cc(CCCCF)ccc23)cc1. The first-order valence-electron chi connectivity index (χ1n) is 8.76. The molecule has 0 spiro atoms. The summed E-state index contributed by atoms with van der Waals surface area (Å²) in [5.74, 6) is 1.50. The number of aryl methyl sites for hydroxylation is 1. The Morgan fingerprint density at radius 3 is 2.56 bits per heavy atom. The molecule has 2 aromatic heterocycles. The second-order valence-electron chi connectivity index (χ2n) is 6.29. The molecule has 0 N–H and O–H groups in total. The number of fused-ring (bicyclic) bond motifs is 3. The molecule has 27 heavy (non-hydrogen) atoms. The summed E-state index contributed by atoms with van der Waals surface area (Å²) < 4.78 is 19.5. The van der Waals surface area contributed by atoms with Crippen LogP contribution in [-0.4, -0.2) is 28.2 Å². The van der Waals surface area contributed by atoms with Gasteiger partial charge in [0.05, 0.1) is 30.5 Å². The molecule has 0 unspecified atom stereocenters. The third kappa shape index (κ3) is 3.77. The van der Waals surface area contributed by atoms with Crippen LogP contribution in [0.15, 0.2) is 54.7 Å². The van der Waals surface area contributed by atoms with Crippen LogP contribution in [0.25, 0.3) is 28.1 Å². The Bertz CT molecular complexity index is 1040. The van der Waals surface area contributed by atoms with Gasteiger partial charge in [0.15, 0.2) is 0 Å². The van der Waals surface area contributed by atoms with Crippen molar-refractivity contribution in [1.82, 2.24) is 14.4 Å². The molecule has 0 aliphatic rings. The number of alkyl halides is 1. The first kappa shape index (κ1) is 18.8. The van der Waals surface area contributed by atoms with Crippen molar-refractivity contribution in [3.8, 4) is 17.0 Å². The van der Waals surface area contributed by atoms with Crippen molar-refractivity contribution in [2.45, 2.75) is 26.7 Å². The Morgan fingerprint density at radius 2 is 1.81 bits per heavy atom. The molecule has 0 atom stereocenters. The standard InChI is InChI=1S/C21H20FN3O.CH4/c1-26-17-8-6-16(7-9-17)18-11-13-25-20-10-5-15(4-2-3-12-22)14-19(20)24-21(25)23-18;/h5-11,13-14H,2-4,12H2,1H3;1H4. The van der Waals surface area contributed by atoms with Gasteiger partial charge in [0.2, 0.25) is 5.78 Å². The van der Waals surface area contributed by atoms with Crippen LogP contribution in [0.3, 0.4) is 0 Å². The van der Waals surface area contributed by atoms with Gasteiger partial charge in [-0.3, -0.25) is 8.79 Å². The van der Waals surface area contributed by atoms with Crippen LogP contribution >= 0.6 is 0 Å². The van der Waals surface area contributed by atoms with Crippen LogP contribution in [0.2, 0.25) is 0 Å². The normalized spacial score (nSPS) is 10.9. The Labute approximate surface area is 158 Å². The van der Waals surface area contributed by atoms with E-state index >= 15 is 0 Å². The molecule has 0 saturated heterocycles. The van der Waals surface area contributed by atoms with Crippen LogP contribution in [0, 0.1) is 0 Å². The molecule has 2 heterocycles. The summed E-state index contributed by atoms with van der Waals surface area (Å²) in [4.78, 5) is 9.38. The minimum Gasteiger partial charge on any atom is -0.497 e. The monoisotopic (exact) mass is 365 g/mol. The van der Waals surface area contributed by atoms with Crippen LogP contribution in [-0.2, 0) is 6.42 Å². The molecule has 0 aliphatic carbocycles. The lowest BCUT2D eigenvalue weighted by Gasteiger charge is -2.04. The number of imidazole rings is 1. The molecule has 0 fully saturated rings. The van der Waals surface area contributed by atoms with Gasteiger partial charge in [-0.05, 0) is 67.3 Å². The summed E-state index contributed by atoms with van der Waals surface area (Å²) in [6.07, 6.45) is 4.34. The topological polar surface area (TPSA) is 39.4 Å². The zero-order chi connectivity index (χ0) is 17.9. The molecule has 2 aromatic carbocycles. The average Bonchev–Trinajstić information content (AvgIpc) is 3.05. The van der Waals surface area contributed by atoms with Gasteiger partial charge in [-0.1, -0.05) is 13.5 Å². The first-order chi connectivity index (χ1) is 12.8. The van der Waals surface area contributed by atoms with Gasteiger partial charge in [0.25, 0.3) is 0 Å². The fourth-order valence-corrected chi connectivity index (χ4v) is 3.15.